The zero-order valence-corrected chi connectivity index (χ0v) is 55.1. The fourth-order valence-electron chi connectivity index (χ4n) is 13.3. The summed E-state index contributed by atoms with van der Waals surface area (Å²) in [4.78, 5) is 33.6. The molecule has 5 heterocycles. The van der Waals surface area contributed by atoms with Crippen molar-refractivity contribution in [1.29, 1.82) is 0 Å². The van der Waals surface area contributed by atoms with E-state index >= 15 is 9.59 Å². The predicted molar refractivity (Wildman–Crippen MR) is 366 cm³/mol. The summed E-state index contributed by atoms with van der Waals surface area (Å²) in [6, 6.07) is 84.3. The van der Waals surface area contributed by atoms with Crippen LogP contribution in [0.1, 0.15) is 72.9 Å². The number of fused-ring (bicyclic) bond motifs is 2. The number of imide groups is 1. The summed E-state index contributed by atoms with van der Waals surface area (Å²) < 4.78 is 93.8. The lowest BCUT2D eigenvalue weighted by Crippen LogP contribution is -2.71. The molecule has 4 fully saturated rings. The molecule has 0 spiro atoms. The lowest BCUT2D eigenvalue weighted by atomic mass is 9.92. The number of rotatable bonds is 27. The first kappa shape index (κ1) is 67.1. The molecule has 0 bridgehead atoms. The Hall–Kier alpha value is -8.05. The largest absolute Gasteiger partial charge is 0.374 e. The van der Waals surface area contributed by atoms with Crippen molar-refractivity contribution >= 4 is 23.6 Å². The number of hydrogen-bond donors (Lipinski definition) is 0. The minimum atomic E-state index is -1.53. The molecule has 0 aliphatic carbocycles. The Balaban J connectivity index is 0.900. The van der Waals surface area contributed by atoms with Gasteiger partial charge in [-0.25, -0.2) is 0 Å². The topological polar surface area (TPSA) is 157 Å². The van der Waals surface area contributed by atoms with Crippen molar-refractivity contribution in [3.63, 3.8) is 0 Å². The van der Waals surface area contributed by atoms with E-state index in [1.165, 1.54) is 16.7 Å². The van der Waals surface area contributed by atoms with Gasteiger partial charge in [-0.3, -0.25) is 14.5 Å². The molecule has 0 radical (unpaired) electrons. The molecule has 5 aliphatic heterocycles. The van der Waals surface area contributed by atoms with Crippen molar-refractivity contribution in [2.75, 3.05) is 13.2 Å². The van der Waals surface area contributed by atoms with Gasteiger partial charge in [-0.1, -0.05) is 254 Å². The van der Waals surface area contributed by atoms with Crippen LogP contribution in [0.15, 0.2) is 272 Å². The van der Waals surface area contributed by atoms with Gasteiger partial charge in [-0.05, 0) is 64.6 Å². The monoisotopic (exact) mass is 1340 g/mol. The number of thioether (sulfide) groups is 1. The maximum atomic E-state index is 15.7. The van der Waals surface area contributed by atoms with Gasteiger partial charge in [0.15, 0.2) is 18.9 Å². The van der Waals surface area contributed by atoms with Gasteiger partial charge in [0.2, 0.25) is 0 Å². The van der Waals surface area contributed by atoms with Crippen molar-refractivity contribution in [2.24, 2.45) is 0 Å². The zero-order chi connectivity index (χ0) is 66.4. The third kappa shape index (κ3) is 16.1. The second-order valence-electron chi connectivity index (χ2n) is 24.9. The molecule has 0 N–H and O–H groups in total. The first-order chi connectivity index (χ1) is 48.3. The summed E-state index contributed by atoms with van der Waals surface area (Å²) in [6.07, 6.45) is -14.1. The molecule has 9 aromatic rings. The van der Waals surface area contributed by atoms with Gasteiger partial charge < -0.3 is 61.6 Å². The van der Waals surface area contributed by atoms with E-state index in [1.54, 1.807) is 24.3 Å². The van der Waals surface area contributed by atoms with Crippen molar-refractivity contribution in [3.8, 4) is 0 Å². The van der Waals surface area contributed by atoms with Gasteiger partial charge in [-0.2, -0.15) is 0 Å². The van der Waals surface area contributed by atoms with Gasteiger partial charge in [0.05, 0.1) is 70.1 Å². The van der Waals surface area contributed by atoms with E-state index in [-0.39, 0.29) is 57.4 Å². The van der Waals surface area contributed by atoms with Crippen LogP contribution in [0.5, 0.6) is 0 Å². The summed E-state index contributed by atoms with van der Waals surface area (Å²) in [5, 5.41) is 0. The van der Waals surface area contributed by atoms with E-state index < -0.39 is 109 Å². The van der Waals surface area contributed by atoms with Crippen LogP contribution in [0.2, 0.25) is 0 Å². The summed E-state index contributed by atoms with van der Waals surface area (Å²) in [5.41, 5.74) is 5.79. The SMILES string of the molecule is C[C@@H]1O[C@@H](O[C@H]2[C@@H]3O[C@H](c4ccccc4)OC[C@H]3O[C@@H](O[C@H]3[C@@H](OCc4ccccc4)[C@H](OCc4ccccc4)[C@@H](COCc4ccccc4)O[C@@H]3Sc3ccccc3)[C@@H]2N2C(=O)c3ccccc3C2=O)[C@@H](OCc2ccccc2)[C@H](OCc2ccccc2)[C@@H]1OCc1ccccc1. The molecule has 98 heavy (non-hydrogen) atoms. The minimum absolute atomic E-state index is 0.0339. The van der Waals surface area contributed by atoms with Crippen LogP contribution in [-0.4, -0.2) is 121 Å². The van der Waals surface area contributed by atoms with Crippen LogP contribution in [0.25, 0.3) is 0 Å². The molecule has 9 aromatic carbocycles. The molecule has 16 nitrogen and oxygen atoms in total. The highest BCUT2D eigenvalue weighted by Gasteiger charge is 2.61. The van der Waals surface area contributed by atoms with Crippen LogP contribution >= 0.6 is 11.8 Å². The lowest BCUT2D eigenvalue weighted by Gasteiger charge is -2.54. The molecular weight excluding hydrogens is 1260 g/mol. The van der Waals surface area contributed by atoms with E-state index in [9.17, 15) is 0 Å². The van der Waals surface area contributed by atoms with Crippen LogP contribution in [0.4, 0.5) is 0 Å². The van der Waals surface area contributed by atoms with E-state index in [4.69, 9.17) is 61.6 Å². The number of benzene rings is 9. The second-order valence-corrected chi connectivity index (χ2v) is 26.1. The zero-order valence-electron chi connectivity index (χ0n) is 54.3. The van der Waals surface area contributed by atoms with E-state index in [1.807, 2.05) is 250 Å². The minimum Gasteiger partial charge on any atom is -0.374 e. The van der Waals surface area contributed by atoms with Crippen LogP contribution in [0.3, 0.4) is 0 Å². The second kappa shape index (κ2) is 32.7. The molecule has 16 atom stereocenters. The average Bonchev–Trinajstić information content (AvgIpc) is 1.40. The molecule has 504 valence electrons. The highest BCUT2D eigenvalue weighted by molar-refractivity contribution is 7.99. The number of hydrogen-bond acceptors (Lipinski definition) is 16. The first-order valence-electron chi connectivity index (χ1n) is 33.5. The predicted octanol–water partition coefficient (Wildman–Crippen LogP) is 13.7. The molecular formula is C81H79NO15S. The van der Waals surface area contributed by atoms with Gasteiger partial charge in [0, 0.05) is 10.5 Å². The van der Waals surface area contributed by atoms with E-state index in [0.29, 0.717) is 6.61 Å². The Morgan fingerprint density at radius 1 is 0.398 bits per heavy atom. The molecule has 2 amide bonds. The standard InChI is InChI=1S/C81H79NO15S/c1-54-68(86-47-56-30-12-3-13-31-56)72(88-49-58-34-16-5-17-35-58)74(90-51-60-38-20-7-21-39-60)80(92-54)96-71-67(82-76(83)63-44-26-27-45-64(63)77(82)84)79(93-66-53-91-78(95-70(66)71)61-40-22-8-23-41-61)97-75-73(89-50-59-36-18-6-19-37-59)69(87-48-57-32-14-4-15-33-57)65(52-85-46-55-28-10-2-11-29-55)94-81(75)98-62-42-24-9-25-43-62/h2-45,54,65-75,78-81H,46-53H2,1H3/t54-,65+,66+,67+,68+,69+,70+,71+,72+,73-,74-,75-,78+,79-,80-,81+/m0/s1. The van der Waals surface area contributed by atoms with Gasteiger partial charge in [0.1, 0.15) is 72.5 Å². The highest BCUT2D eigenvalue weighted by Crippen LogP contribution is 2.45. The van der Waals surface area contributed by atoms with Gasteiger partial charge in [-0.15, -0.1) is 0 Å². The maximum absolute atomic E-state index is 15.7. The number of amides is 2. The molecule has 17 heteroatoms. The third-order valence-corrected chi connectivity index (χ3v) is 19.4. The van der Waals surface area contributed by atoms with Crippen LogP contribution in [0, 0.1) is 0 Å². The van der Waals surface area contributed by atoms with Gasteiger partial charge >= 0.3 is 0 Å². The van der Waals surface area contributed by atoms with Crippen molar-refractivity contribution in [2.45, 2.75) is 149 Å². The van der Waals surface area contributed by atoms with Crippen LogP contribution in [-0.2, 0) is 101 Å². The summed E-state index contributed by atoms with van der Waals surface area (Å²) in [7, 11) is 0. The molecule has 14 rings (SSSR count). The fraction of sp³-hybridized carbons (Fsp3) is 0.309. The summed E-state index contributed by atoms with van der Waals surface area (Å²) >= 11 is 1.44. The quantitative estimate of drug-likeness (QED) is 0.0447. The summed E-state index contributed by atoms with van der Waals surface area (Å²) in [6.45, 7) is 3.15. The van der Waals surface area contributed by atoms with Crippen molar-refractivity contribution in [3.05, 3.63) is 317 Å². The number of nitrogens with zero attached hydrogens (tertiary/aromatic N) is 1. The lowest BCUT2D eigenvalue weighted by molar-refractivity contribution is -0.394. The average molecular weight is 1340 g/mol. The Morgan fingerprint density at radius 2 is 0.806 bits per heavy atom. The third-order valence-electron chi connectivity index (χ3n) is 18.2. The fourth-order valence-corrected chi connectivity index (χ4v) is 14.5. The Bertz CT molecular complexity index is 3900. The maximum Gasteiger partial charge on any atom is 0.262 e. The Morgan fingerprint density at radius 3 is 1.31 bits per heavy atom. The smallest absolute Gasteiger partial charge is 0.262 e. The van der Waals surface area contributed by atoms with Crippen molar-refractivity contribution < 1.29 is 71.2 Å². The normalized spacial score (nSPS) is 27.7. The Kier molecular flexibility index (Phi) is 22.4. The Labute approximate surface area is 575 Å². The highest BCUT2D eigenvalue weighted by atomic mass is 32.2. The summed E-state index contributed by atoms with van der Waals surface area (Å²) in [5.74, 6) is -1.18. The molecule has 0 aromatic heterocycles. The number of ether oxygens (including phenoxy) is 13. The number of carbonyl (C=O) groups excluding carboxylic acids is 2. The van der Waals surface area contributed by atoms with Crippen LogP contribution < -0.4 is 0 Å². The van der Waals surface area contributed by atoms with Crippen molar-refractivity contribution in [1.82, 2.24) is 4.90 Å². The first-order valence-corrected chi connectivity index (χ1v) is 34.4. The molecule has 5 aliphatic rings. The molecule has 0 saturated carbocycles. The van der Waals surface area contributed by atoms with E-state index in [2.05, 4.69) is 0 Å². The molecule has 4 saturated heterocycles. The van der Waals surface area contributed by atoms with E-state index in [0.717, 1.165) is 43.8 Å². The van der Waals surface area contributed by atoms with Gasteiger partial charge in [0.25, 0.3) is 11.8 Å². The molecule has 0 unspecified atom stereocenters. The number of carbonyl (C=O) groups is 2.